The lowest BCUT2D eigenvalue weighted by molar-refractivity contribution is 0.222. The molecule has 1 unspecified atom stereocenters. The van der Waals surface area contributed by atoms with E-state index in [1.165, 1.54) is 38.5 Å². The van der Waals surface area contributed by atoms with E-state index in [4.69, 9.17) is 4.74 Å². The lowest BCUT2D eigenvalue weighted by Crippen LogP contribution is -2.23. The summed E-state index contributed by atoms with van der Waals surface area (Å²) in [5.74, 6) is 2.05. The zero-order valence-corrected chi connectivity index (χ0v) is 15.2. The first kappa shape index (κ1) is 18.7. The summed E-state index contributed by atoms with van der Waals surface area (Å²) in [5, 5.41) is 18.0. The van der Waals surface area contributed by atoms with Gasteiger partial charge < -0.3 is 4.74 Å². The molecule has 4 nitrogen and oxygen atoms in total. The molecule has 4 heteroatoms. The zero-order chi connectivity index (χ0) is 17.2. The van der Waals surface area contributed by atoms with Gasteiger partial charge in [0.15, 0.2) is 0 Å². The van der Waals surface area contributed by atoms with Gasteiger partial charge in [-0.15, -0.1) is 5.10 Å². The molecule has 0 bridgehead atoms. The lowest BCUT2D eigenvalue weighted by atomic mass is 9.74. The second-order valence-electron chi connectivity index (χ2n) is 7.07. The molecule has 0 spiro atoms. The van der Waals surface area contributed by atoms with E-state index in [1.807, 2.05) is 12.1 Å². The summed E-state index contributed by atoms with van der Waals surface area (Å²) in [7, 11) is 0. The van der Waals surface area contributed by atoms with Crippen LogP contribution in [0.2, 0.25) is 0 Å². The highest BCUT2D eigenvalue weighted by molar-refractivity contribution is 5.13. The van der Waals surface area contributed by atoms with Crippen LogP contribution in [0.15, 0.2) is 12.1 Å². The van der Waals surface area contributed by atoms with E-state index in [2.05, 4.69) is 30.1 Å². The molecule has 1 aliphatic rings. The van der Waals surface area contributed by atoms with Gasteiger partial charge in [-0.05, 0) is 37.2 Å². The average molecular weight is 329 g/mol. The molecule has 1 aromatic rings. The van der Waals surface area contributed by atoms with E-state index >= 15 is 0 Å². The highest BCUT2D eigenvalue weighted by Gasteiger charge is 2.27. The summed E-state index contributed by atoms with van der Waals surface area (Å²) in [6, 6.07) is 6.36. The van der Waals surface area contributed by atoms with Gasteiger partial charge in [0.05, 0.1) is 24.3 Å². The molecule has 0 radical (unpaired) electrons. The maximum atomic E-state index is 9.58. The first-order chi connectivity index (χ1) is 11.8. The van der Waals surface area contributed by atoms with Crippen molar-refractivity contribution in [3.8, 4) is 11.9 Å². The number of hydrogen-bond donors (Lipinski definition) is 0. The number of aromatic nitrogens is 2. The van der Waals surface area contributed by atoms with Crippen LogP contribution in [-0.2, 0) is 6.42 Å². The fourth-order valence-electron chi connectivity index (χ4n) is 3.69. The zero-order valence-electron chi connectivity index (χ0n) is 15.2. The van der Waals surface area contributed by atoms with Crippen molar-refractivity contribution in [3.63, 3.8) is 0 Å². The Kier molecular flexibility index (Phi) is 8.01. The normalized spacial score (nSPS) is 21.9. The second kappa shape index (κ2) is 10.3. The van der Waals surface area contributed by atoms with E-state index in [0.717, 1.165) is 24.5 Å². The molecule has 1 heterocycles. The fourth-order valence-corrected chi connectivity index (χ4v) is 3.69. The Labute approximate surface area is 146 Å². The van der Waals surface area contributed by atoms with Crippen LogP contribution >= 0.6 is 0 Å². The Balaban J connectivity index is 1.83. The third-order valence-corrected chi connectivity index (χ3v) is 5.20. The van der Waals surface area contributed by atoms with Crippen molar-refractivity contribution in [2.45, 2.75) is 71.6 Å². The number of hydrogen-bond acceptors (Lipinski definition) is 4. The predicted molar refractivity (Wildman–Crippen MR) is 95.6 cm³/mol. The second-order valence-corrected chi connectivity index (χ2v) is 7.07. The van der Waals surface area contributed by atoms with Gasteiger partial charge in [0.25, 0.3) is 0 Å². The van der Waals surface area contributed by atoms with E-state index in [1.54, 1.807) is 0 Å². The summed E-state index contributed by atoms with van der Waals surface area (Å²) >= 11 is 0. The molecule has 24 heavy (non-hydrogen) atoms. The fraction of sp³-hybridized carbons (Fsp3) is 0.750. The number of ether oxygens (including phenoxy) is 1. The average Bonchev–Trinajstić information content (AvgIpc) is 2.62. The molecule has 1 aromatic heterocycles. The Morgan fingerprint density at radius 3 is 2.54 bits per heavy atom. The first-order valence-corrected chi connectivity index (χ1v) is 9.61. The highest BCUT2D eigenvalue weighted by Crippen LogP contribution is 2.36. The minimum atomic E-state index is 0.0636. The van der Waals surface area contributed by atoms with Gasteiger partial charge in [-0.1, -0.05) is 46.0 Å². The van der Waals surface area contributed by atoms with Gasteiger partial charge in [-0.2, -0.15) is 10.4 Å². The van der Waals surface area contributed by atoms with Crippen LogP contribution in [0.3, 0.4) is 0 Å². The minimum Gasteiger partial charge on any atom is -0.477 e. The van der Waals surface area contributed by atoms with Crippen molar-refractivity contribution >= 4 is 0 Å². The Morgan fingerprint density at radius 1 is 1.17 bits per heavy atom. The topological polar surface area (TPSA) is 58.8 Å². The Morgan fingerprint density at radius 2 is 1.96 bits per heavy atom. The van der Waals surface area contributed by atoms with Gasteiger partial charge in [0, 0.05) is 12.5 Å². The van der Waals surface area contributed by atoms with Crippen molar-refractivity contribution in [2.75, 3.05) is 6.61 Å². The smallest absolute Gasteiger partial charge is 0.233 e. The highest BCUT2D eigenvalue weighted by atomic mass is 16.5. The van der Waals surface area contributed by atoms with Gasteiger partial charge in [-0.3, -0.25) is 0 Å². The molecule has 2 rings (SSSR count). The molecule has 0 aromatic carbocycles. The van der Waals surface area contributed by atoms with Crippen molar-refractivity contribution in [2.24, 2.45) is 17.8 Å². The molecule has 0 amide bonds. The van der Waals surface area contributed by atoms with Crippen molar-refractivity contribution < 1.29 is 4.74 Å². The first-order valence-electron chi connectivity index (χ1n) is 9.61. The standard InChI is InChI=1S/C20H31N3O/c1-3-5-13-24-20-12-11-19(22-23-20)14-18(15-21)17-9-7-16(6-4-2)8-10-17/h11-12,16-18H,3-10,13-14H2,1-2H3/t16-,17-,18?. The van der Waals surface area contributed by atoms with Crippen molar-refractivity contribution in [3.05, 3.63) is 17.8 Å². The van der Waals surface area contributed by atoms with Crippen LogP contribution in [0.4, 0.5) is 0 Å². The van der Waals surface area contributed by atoms with Crippen LogP contribution in [0, 0.1) is 29.1 Å². The van der Waals surface area contributed by atoms with Crippen molar-refractivity contribution in [1.29, 1.82) is 5.26 Å². The van der Waals surface area contributed by atoms with Gasteiger partial charge in [-0.25, -0.2) is 0 Å². The quantitative estimate of drug-likeness (QED) is 0.602. The van der Waals surface area contributed by atoms with Crippen LogP contribution in [0.5, 0.6) is 5.88 Å². The van der Waals surface area contributed by atoms with Crippen LogP contribution in [0.1, 0.15) is 70.9 Å². The van der Waals surface area contributed by atoms with E-state index < -0.39 is 0 Å². The number of nitrogens with zero attached hydrogens (tertiary/aromatic N) is 3. The van der Waals surface area contributed by atoms with Gasteiger partial charge >= 0.3 is 0 Å². The van der Waals surface area contributed by atoms with Crippen LogP contribution in [-0.4, -0.2) is 16.8 Å². The number of unbranched alkanes of at least 4 members (excludes halogenated alkanes) is 1. The van der Waals surface area contributed by atoms with Crippen LogP contribution in [0.25, 0.3) is 0 Å². The third-order valence-electron chi connectivity index (χ3n) is 5.20. The van der Waals surface area contributed by atoms with E-state index in [9.17, 15) is 5.26 Å². The molecule has 1 saturated carbocycles. The molecule has 0 N–H and O–H groups in total. The molecule has 0 aliphatic heterocycles. The van der Waals surface area contributed by atoms with Gasteiger partial charge in [0.2, 0.25) is 5.88 Å². The summed E-state index contributed by atoms with van der Waals surface area (Å²) in [4.78, 5) is 0. The maximum Gasteiger partial charge on any atom is 0.233 e. The monoisotopic (exact) mass is 329 g/mol. The van der Waals surface area contributed by atoms with Crippen LogP contribution < -0.4 is 4.74 Å². The molecular weight excluding hydrogens is 298 g/mol. The molecule has 0 saturated heterocycles. The van der Waals surface area contributed by atoms with E-state index in [0.29, 0.717) is 24.8 Å². The van der Waals surface area contributed by atoms with Crippen molar-refractivity contribution in [1.82, 2.24) is 10.2 Å². The number of nitriles is 1. The maximum absolute atomic E-state index is 9.58. The summed E-state index contributed by atoms with van der Waals surface area (Å²) in [6.07, 6.45) is 10.4. The van der Waals surface area contributed by atoms with E-state index in [-0.39, 0.29) is 5.92 Å². The molecule has 1 aliphatic carbocycles. The SMILES string of the molecule is CCCCOc1ccc(CC(C#N)[C@H]2CC[C@H](CCC)CC2)nn1. The van der Waals surface area contributed by atoms with Gasteiger partial charge in [0.1, 0.15) is 0 Å². The molecule has 1 fully saturated rings. The Hall–Kier alpha value is -1.63. The predicted octanol–water partition coefficient (Wildman–Crippen LogP) is 4.94. The minimum absolute atomic E-state index is 0.0636. The molecule has 1 atom stereocenters. The summed E-state index contributed by atoms with van der Waals surface area (Å²) in [5.41, 5.74) is 0.903. The summed E-state index contributed by atoms with van der Waals surface area (Å²) in [6.45, 7) is 5.08. The summed E-state index contributed by atoms with van der Waals surface area (Å²) < 4.78 is 5.55. The Bertz CT molecular complexity index is 501. The number of rotatable bonds is 9. The molecule has 132 valence electrons. The lowest BCUT2D eigenvalue weighted by Gasteiger charge is -2.30. The molecular formula is C20H31N3O. The third kappa shape index (κ3) is 5.78. The largest absolute Gasteiger partial charge is 0.477 e.